The zero-order chi connectivity index (χ0) is 21.8. The fourth-order valence-corrected chi connectivity index (χ4v) is 3.78. The Balaban J connectivity index is 1.56. The first kappa shape index (κ1) is 20.5. The number of rotatable bonds is 7. The lowest BCUT2D eigenvalue weighted by Crippen LogP contribution is -2.15. The molecule has 4 rings (SSSR count). The Kier molecular flexibility index (Phi) is 5.89. The molecule has 0 aliphatic rings. The van der Waals surface area contributed by atoms with Gasteiger partial charge in [-0.3, -0.25) is 19.0 Å². The molecule has 0 aliphatic carbocycles. The molecule has 0 bridgehead atoms. The van der Waals surface area contributed by atoms with Crippen LogP contribution in [0, 0.1) is 0 Å². The molecule has 0 radical (unpaired) electrons. The van der Waals surface area contributed by atoms with Gasteiger partial charge in [0.25, 0.3) is 5.56 Å². The first-order valence-electron chi connectivity index (χ1n) is 9.27. The lowest BCUT2D eigenvalue weighted by atomic mass is 10.1. The number of hydrogen-bond donors (Lipinski definition) is 2. The molecule has 0 saturated heterocycles. The molecule has 2 heterocycles. The molecule has 2 aromatic carbocycles. The Labute approximate surface area is 181 Å². The molecule has 0 aliphatic heterocycles. The van der Waals surface area contributed by atoms with Crippen molar-refractivity contribution in [1.29, 1.82) is 0 Å². The van der Waals surface area contributed by atoms with E-state index in [1.807, 2.05) is 30.3 Å². The smallest absolute Gasteiger partial charge is 0.252 e. The number of carbonyl (C=O) groups is 1. The van der Waals surface area contributed by atoms with Gasteiger partial charge in [0.2, 0.25) is 11.7 Å². The molecule has 10 heteroatoms. The van der Waals surface area contributed by atoms with Crippen LogP contribution >= 0.6 is 11.8 Å². The van der Waals surface area contributed by atoms with Gasteiger partial charge >= 0.3 is 0 Å². The summed E-state index contributed by atoms with van der Waals surface area (Å²) >= 11 is 1.21. The van der Waals surface area contributed by atoms with E-state index in [0.717, 1.165) is 5.56 Å². The van der Waals surface area contributed by atoms with Gasteiger partial charge in [-0.05, 0) is 17.7 Å². The summed E-state index contributed by atoms with van der Waals surface area (Å²) < 4.78 is 12.2. The maximum absolute atomic E-state index is 12.5. The number of thioether (sulfide) groups is 1. The predicted octanol–water partition coefficient (Wildman–Crippen LogP) is 2.83. The van der Waals surface area contributed by atoms with Crippen LogP contribution in [0.25, 0.3) is 17.0 Å². The molecule has 1 amide bonds. The number of amides is 1. The monoisotopic (exact) mass is 437 g/mol. The highest BCUT2D eigenvalue weighted by Crippen LogP contribution is 2.29. The summed E-state index contributed by atoms with van der Waals surface area (Å²) in [5.74, 6) is 1.28. The van der Waals surface area contributed by atoms with Gasteiger partial charge in [0, 0.05) is 12.1 Å². The normalized spacial score (nSPS) is 10.8. The fraction of sp³-hybridized carbons (Fsp3) is 0.143. The van der Waals surface area contributed by atoms with Gasteiger partial charge in [-0.1, -0.05) is 42.1 Å². The van der Waals surface area contributed by atoms with Crippen LogP contribution in [0.15, 0.2) is 64.5 Å². The van der Waals surface area contributed by atoms with E-state index in [1.54, 1.807) is 29.7 Å². The number of fused-ring (bicyclic) bond motifs is 1. The number of nitrogens with one attached hydrogen (secondary N) is 2. The molecule has 31 heavy (non-hydrogen) atoms. The Bertz CT molecular complexity index is 1290. The fourth-order valence-electron chi connectivity index (χ4n) is 3.04. The van der Waals surface area contributed by atoms with Crippen LogP contribution in [0.4, 0.5) is 5.69 Å². The summed E-state index contributed by atoms with van der Waals surface area (Å²) in [5.41, 5.74) is 1.74. The molecule has 9 nitrogen and oxygen atoms in total. The van der Waals surface area contributed by atoms with Gasteiger partial charge in [-0.25, -0.2) is 0 Å². The Hall–Kier alpha value is -3.79. The highest BCUT2D eigenvalue weighted by Gasteiger charge is 2.16. The molecule has 0 atom stereocenters. The number of anilines is 1. The van der Waals surface area contributed by atoms with Gasteiger partial charge < -0.3 is 14.8 Å². The largest absolute Gasteiger partial charge is 0.497 e. The van der Waals surface area contributed by atoms with Gasteiger partial charge in [0.15, 0.2) is 5.16 Å². The summed E-state index contributed by atoms with van der Waals surface area (Å²) in [7, 11) is 3.08. The van der Waals surface area contributed by atoms with Crippen molar-refractivity contribution in [2.45, 2.75) is 5.16 Å². The van der Waals surface area contributed by atoms with Crippen molar-refractivity contribution in [3.05, 3.63) is 65.0 Å². The van der Waals surface area contributed by atoms with Gasteiger partial charge in [0.05, 0.1) is 31.4 Å². The first-order chi connectivity index (χ1) is 15.1. The average molecular weight is 437 g/mol. The minimum absolute atomic E-state index is 0.0866. The van der Waals surface area contributed by atoms with Crippen molar-refractivity contribution in [2.75, 3.05) is 25.3 Å². The van der Waals surface area contributed by atoms with Crippen LogP contribution < -0.4 is 20.3 Å². The molecule has 0 saturated carbocycles. The van der Waals surface area contributed by atoms with E-state index in [2.05, 4.69) is 20.5 Å². The summed E-state index contributed by atoms with van der Waals surface area (Å²) in [6, 6.07) is 16.1. The van der Waals surface area contributed by atoms with Crippen molar-refractivity contribution in [3.63, 3.8) is 0 Å². The second-order valence-corrected chi connectivity index (χ2v) is 7.37. The third-order valence-corrected chi connectivity index (χ3v) is 5.39. The van der Waals surface area contributed by atoms with E-state index in [1.165, 1.54) is 24.9 Å². The minimum Gasteiger partial charge on any atom is -0.497 e. The molecular formula is C21H19N5O4S. The molecule has 0 fully saturated rings. The highest BCUT2D eigenvalue weighted by atomic mass is 32.2. The zero-order valence-corrected chi connectivity index (χ0v) is 17.6. The van der Waals surface area contributed by atoms with Crippen LogP contribution in [0.2, 0.25) is 0 Å². The third-order valence-electron chi connectivity index (χ3n) is 4.46. The predicted molar refractivity (Wildman–Crippen MR) is 118 cm³/mol. The highest BCUT2D eigenvalue weighted by molar-refractivity contribution is 7.99. The number of hydrogen-bond acceptors (Lipinski definition) is 7. The number of aromatic nitrogens is 4. The Morgan fingerprint density at radius 1 is 1.10 bits per heavy atom. The van der Waals surface area contributed by atoms with E-state index in [9.17, 15) is 9.59 Å². The average Bonchev–Trinajstić information content (AvgIpc) is 3.20. The summed E-state index contributed by atoms with van der Waals surface area (Å²) in [5, 5.41) is 11.5. The van der Waals surface area contributed by atoms with E-state index < -0.39 is 0 Å². The lowest BCUT2D eigenvalue weighted by molar-refractivity contribution is -0.113. The number of nitrogens with zero attached hydrogens (tertiary/aromatic N) is 3. The maximum Gasteiger partial charge on any atom is 0.252 e. The zero-order valence-electron chi connectivity index (χ0n) is 16.8. The molecule has 2 aromatic heterocycles. The van der Waals surface area contributed by atoms with E-state index in [-0.39, 0.29) is 17.2 Å². The number of methoxy groups -OCH3 is 2. The second kappa shape index (κ2) is 8.92. The maximum atomic E-state index is 12.5. The molecule has 0 spiro atoms. The van der Waals surface area contributed by atoms with E-state index in [0.29, 0.717) is 33.8 Å². The van der Waals surface area contributed by atoms with Crippen molar-refractivity contribution in [3.8, 4) is 22.8 Å². The van der Waals surface area contributed by atoms with Crippen LogP contribution in [0.3, 0.4) is 0 Å². The van der Waals surface area contributed by atoms with Crippen molar-refractivity contribution in [1.82, 2.24) is 19.6 Å². The van der Waals surface area contributed by atoms with Crippen molar-refractivity contribution in [2.24, 2.45) is 0 Å². The molecular weight excluding hydrogens is 418 g/mol. The van der Waals surface area contributed by atoms with Crippen molar-refractivity contribution >= 4 is 29.1 Å². The van der Waals surface area contributed by atoms with Crippen LogP contribution in [-0.4, -0.2) is 45.5 Å². The number of benzene rings is 2. The van der Waals surface area contributed by atoms with Gasteiger partial charge in [0.1, 0.15) is 11.5 Å². The summed E-state index contributed by atoms with van der Waals surface area (Å²) in [6.07, 6.45) is 0. The van der Waals surface area contributed by atoms with Crippen LogP contribution in [0.5, 0.6) is 11.5 Å². The topological polar surface area (TPSA) is 111 Å². The summed E-state index contributed by atoms with van der Waals surface area (Å²) in [4.78, 5) is 27.2. The van der Waals surface area contributed by atoms with Gasteiger partial charge in [-0.2, -0.15) is 0 Å². The number of aromatic amines is 1. The quantitative estimate of drug-likeness (QED) is 0.428. The number of ether oxygens (including phenoxy) is 2. The molecule has 2 N–H and O–H groups in total. The minimum atomic E-state index is -0.278. The third kappa shape index (κ3) is 4.38. The van der Waals surface area contributed by atoms with Crippen LogP contribution in [0.1, 0.15) is 0 Å². The van der Waals surface area contributed by atoms with Crippen LogP contribution in [-0.2, 0) is 4.79 Å². The molecule has 0 unspecified atom stereocenters. The number of carbonyl (C=O) groups excluding carboxylic acids is 1. The van der Waals surface area contributed by atoms with E-state index >= 15 is 0 Å². The molecule has 158 valence electrons. The lowest BCUT2D eigenvalue weighted by Gasteiger charge is -2.11. The van der Waals surface area contributed by atoms with E-state index in [4.69, 9.17) is 9.47 Å². The SMILES string of the molecule is COc1ccc(NC(=O)CSc2nnc3[nH]c(=O)cc(-c4ccccc4)n23)c(OC)c1. The van der Waals surface area contributed by atoms with Crippen molar-refractivity contribution < 1.29 is 14.3 Å². The standard InChI is InChI=1S/C21H19N5O4S/c1-29-14-8-9-15(17(10-14)30-2)22-19(28)12-31-21-25-24-20-23-18(27)11-16(26(20)21)13-6-4-3-5-7-13/h3-11H,12H2,1-2H3,(H,22,28)(H,23,24,27). The second-order valence-electron chi connectivity index (χ2n) is 6.43. The first-order valence-corrected chi connectivity index (χ1v) is 10.3. The van der Waals surface area contributed by atoms with Gasteiger partial charge in [-0.15, -0.1) is 10.2 Å². The molecule has 4 aromatic rings. The number of H-pyrrole nitrogens is 1. The Morgan fingerprint density at radius 2 is 1.90 bits per heavy atom. The Morgan fingerprint density at radius 3 is 2.65 bits per heavy atom. The summed E-state index contributed by atoms with van der Waals surface area (Å²) in [6.45, 7) is 0.